The molecule has 1 aliphatic heterocycles. The second-order valence-electron chi connectivity index (χ2n) is 4.49. The van der Waals surface area contributed by atoms with Crippen LogP contribution in [-0.4, -0.2) is 23.2 Å². The van der Waals surface area contributed by atoms with Crippen molar-refractivity contribution in [3.05, 3.63) is 0 Å². The molecule has 1 aliphatic carbocycles. The minimum atomic E-state index is -0.679. The molecule has 0 amide bonds. The van der Waals surface area contributed by atoms with Crippen LogP contribution in [0.25, 0.3) is 0 Å². The lowest BCUT2D eigenvalue weighted by Gasteiger charge is -2.30. The zero-order chi connectivity index (χ0) is 9.42. The molecule has 3 nitrogen and oxygen atoms in total. The van der Waals surface area contributed by atoms with Crippen molar-refractivity contribution in [3.8, 4) is 0 Å². The molecule has 13 heavy (non-hydrogen) atoms. The predicted molar refractivity (Wildman–Crippen MR) is 49.5 cm³/mol. The highest BCUT2D eigenvalue weighted by Crippen LogP contribution is 2.36. The smallest absolute Gasteiger partial charge is 0.320 e. The van der Waals surface area contributed by atoms with Gasteiger partial charge in [-0.1, -0.05) is 13.3 Å². The minimum absolute atomic E-state index is 0.282. The van der Waals surface area contributed by atoms with Gasteiger partial charge in [-0.15, -0.1) is 0 Å². The molecule has 2 fully saturated rings. The van der Waals surface area contributed by atoms with Crippen LogP contribution in [0.4, 0.5) is 0 Å². The molecule has 1 saturated heterocycles. The van der Waals surface area contributed by atoms with Crippen LogP contribution >= 0.6 is 0 Å². The highest BCUT2D eigenvalue weighted by molar-refractivity contribution is 5.74. The van der Waals surface area contributed by atoms with Gasteiger partial charge in [-0.05, 0) is 31.1 Å². The Hall–Kier alpha value is -0.570. The fourth-order valence-electron chi connectivity index (χ4n) is 2.87. The van der Waals surface area contributed by atoms with E-state index in [-0.39, 0.29) is 6.04 Å². The molecule has 1 saturated carbocycles. The largest absolute Gasteiger partial charge is 0.480 e. The van der Waals surface area contributed by atoms with Gasteiger partial charge in [0.25, 0.3) is 0 Å². The first-order valence-electron chi connectivity index (χ1n) is 5.17. The molecule has 0 radical (unpaired) electrons. The van der Waals surface area contributed by atoms with E-state index in [0.717, 1.165) is 6.42 Å². The van der Waals surface area contributed by atoms with Gasteiger partial charge in [0, 0.05) is 6.04 Å². The summed E-state index contributed by atoms with van der Waals surface area (Å²) in [4.78, 5) is 10.8. The molecule has 74 valence electrons. The molecule has 2 N–H and O–H groups in total. The minimum Gasteiger partial charge on any atom is -0.480 e. The molecule has 0 aromatic rings. The Balaban J connectivity index is 2.04. The van der Waals surface area contributed by atoms with Crippen molar-refractivity contribution in [2.45, 2.75) is 44.7 Å². The zero-order valence-electron chi connectivity index (χ0n) is 7.99. The van der Waals surface area contributed by atoms with Crippen molar-refractivity contribution < 1.29 is 9.90 Å². The molecule has 2 aliphatic rings. The monoisotopic (exact) mass is 183 g/mol. The van der Waals surface area contributed by atoms with Crippen molar-refractivity contribution >= 4 is 5.97 Å². The van der Waals surface area contributed by atoms with Crippen molar-refractivity contribution in [2.24, 2.45) is 11.8 Å². The number of hydrogen-bond donors (Lipinski definition) is 2. The summed E-state index contributed by atoms with van der Waals surface area (Å²) in [7, 11) is 0. The van der Waals surface area contributed by atoms with E-state index in [2.05, 4.69) is 12.2 Å². The molecule has 2 rings (SSSR count). The van der Waals surface area contributed by atoms with Crippen LogP contribution in [0.5, 0.6) is 0 Å². The van der Waals surface area contributed by atoms with Gasteiger partial charge in [-0.2, -0.15) is 0 Å². The molecule has 0 spiro atoms. The fourth-order valence-corrected chi connectivity index (χ4v) is 2.87. The number of carbonyl (C=O) groups is 1. The SMILES string of the molecule is CC1CCCC2CC(C(=O)O)NC12. The number of rotatable bonds is 1. The van der Waals surface area contributed by atoms with Crippen molar-refractivity contribution in [2.75, 3.05) is 0 Å². The lowest BCUT2D eigenvalue weighted by atomic mass is 9.78. The number of hydrogen-bond acceptors (Lipinski definition) is 2. The summed E-state index contributed by atoms with van der Waals surface area (Å²) in [5.74, 6) is 0.592. The molecule has 3 heteroatoms. The Morgan fingerprint density at radius 2 is 2.23 bits per heavy atom. The highest BCUT2D eigenvalue weighted by atomic mass is 16.4. The van der Waals surface area contributed by atoms with E-state index in [1.165, 1.54) is 19.3 Å². The number of carboxylic acids is 1. The van der Waals surface area contributed by atoms with Gasteiger partial charge in [0.1, 0.15) is 6.04 Å². The second kappa shape index (κ2) is 3.29. The summed E-state index contributed by atoms with van der Waals surface area (Å²) < 4.78 is 0. The molecule has 4 atom stereocenters. The van der Waals surface area contributed by atoms with Crippen molar-refractivity contribution in [3.63, 3.8) is 0 Å². The maximum absolute atomic E-state index is 10.8. The number of fused-ring (bicyclic) bond motifs is 1. The summed E-state index contributed by atoms with van der Waals surface area (Å²) in [5, 5.41) is 12.1. The summed E-state index contributed by atoms with van der Waals surface area (Å²) in [6.45, 7) is 2.23. The second-order valence-corrected chi connectivity index (χ2v) is 4.49. The Morgan fingerprint density at radius 3 is 2.85 bits per heavy atom. The first-order valence-corrected chi connectivity index (χ1v) is 5.17. The van der Waals surface area contributed by atoms with E-state index in [9.17, 15) is 4.79 Å². The van der Waals surface area contributed by atoms with E-state index in [4.69, 9.17) is 5.11 Å². The van der Waals surface area contributed by atoms with Crippen LogP contribution in [0.2, 0.25) is 0 Å². The molecular formula is C10H17NO2. The van der Waals surface area contributed by atoms with Gasteiger partial charge in [-0.25, -0.2) is 0 Å². The Morgan fingerprint density at radius 1 is 1.46 bits per heavy atom. The summed E-state index contributed by atoms with van der Waals surface area (Å²) in [5.41, 5.74) is 0. The zero-order valence-corrected chi connectivity index (χ0v) is 7.99. The van der Waals surface area contributed by atoms with Gasteiger partial charge < -0.3 is 10.4 Å². The van der Waals surface area contributed by atoms with Gasteiger partial charge in [0.15, 0.2) is 0 Å². The summed E-state index contributed by atoms with van der Waals surface area (Å²) in [6, 6.07) is 0.186. The van der Waals surface area contributed by atoms with Crippen LogP contribution in [-0.2, 0) is 4.79 Å². The van der Waals surface area contributed by atoms with Crippen LogP contribution < -0.4 is 5.32 Å². The number of carboxylic acid groups (broad SMARTS) is 1. The Labute approximate surface area is 78.5 Å². The third-order valence-electron chi connectivity index (χ3n) is 3.59. The number of nitrogens with one attached hydrogen (secondary N) is 1. The molecule has 0 aromatic heterocycles. The lowest BCUT2D eigenvalue weighted by molar-refractivity contribution is -0.139. The first-order chi connectivity index (χ1) is 6.18. The molecule has 1 heterocycles. The highest BCUT2D eigenvalue weighted by Gasteiger charge is 2.41. The molecule has 0 aromatic carbocycles. The Kier molecular flexibility index (Phi) is 2.28. The number of aliphatic carboxylic acids is 1. The summed E-state index contributed by atoms with van der Waals surface area (Å²) >= 11 is 0. The summed E-state index contributed by atoms with van der Waals surface area (Å²) in [6.07, 6.45) is 4.58. The first kappa shape index (κ1) is 9.00. The van der Waals surface area contributed by atoms with E-state index in [1.54, 1.807) is 0 Å². The normalized spacial score (nSPS) is 44.4. The lowest BCUT2D eigenvalue weighted by Crippen LogP contribution is -2.41. The maximum atomic E-state index is 10.8. The van der Waals surface area contributed by atoms with Gasteiger partial charge in [0.2, 0.25) is 0 Å². The van der Waals surface area contributed by atoms with Crippen LogP contribution in [0.3, 0.4) is 0 Å². The third kappa shape index (κ3) is 1.57. The average molecular weight is 183 g/mol. The fraction of sp³-hybridized carbons (Fsp3) is 0.900. The van der Waals surface area contributed by atoms with Crippen LogP contribution in [0.15, 0.2) is 0 Å². The molecule has 4 unspecified atom stereocenters. The van der Waals surface area contributed by atoms with Gasteiger partial charge >= 0.3 is 5.97 Å². The van der Waals surface area contributed by atoms with E-state index >= 15 is 0 Å². The van der Waals surface area contributed by atoms with E-state index < -0.39 is 5.97 Å². The predicted octanol–water partition coefficient (Wildman–Crippen LogP) is 1.24. The standard InChI is InChI=1S/C10H17NO2/c1-6-3-2-4-7-5-8(10(12)13)11-9(6)7/h6-9,11H,2-5H2,1H3,(H,12,13). The Bertz CT molecular complexity index is 217. The maximum Gasteiger partial charge on any atom is 0.320 e. The van der Waals surface area contributed by atoms with E-state index in [0.29, 0.717) is 17.9 Å². The van der Waals surface area contributed by atoms with Gasteiger partial charge in [0.05, 0.1) is 0 Å². The third-order valence-corrected chi connectivity index (χ3v) is 3.59. The van der Waals surface area contributed by atoms with Gasteiger partial charge in [-0.3, -0.25) is 4.79 Å². The van der Waals surface area contributed by atoms with Crippen molar-refractivity contribution in [1.82, 2.24) is 5.32 Å². The quantitative estimate of drug-likeness (QED) is 0.643. The van der Waals surface area contributed by atoms with E-state index in [1.807, 2.05) is 0 Å². The topological polar surface area (TPSA) is 49.3 Å². The van der Waals surface area contributed by atoms with Crippen LogP contribution in [0, 0.1) is 11.8 Å². The molecule has 0 bridgehead atoms. The van der Waals surface area contributed by atoms with Crippen LogP contribution in [0.1, 0.15) is 32.6 Å². The van der Waals surface area contributed by atoms with Crippen molar-refractivity contribution in [1.29, 1.82) is 0 Å². The molecular weight excluding hydrogens is 166 g/mol. The average Bonchev–Trinajstić information content (AvgIpc) is 2.49.